The van der Waals surface area contributed by atoms with E-state index in [-0.39, 0.29) is 9.77 Å². The fourth-order valence-electron chi connectivity index (χ4n) is 2.06. The van der Waals surface area contributed by atoms with Crippen molar-refractivity contribution in [1.82, 2.24) is 4.31 Å². The molecule has 1 amide bonds. The zero-order valence-electron chi connectivity index (χ0n) is 13.0. The smallest absolute Gasteiger partial charge is 0.265 e. The van der Waals surface area contributed by atoms with Crippen LogP contribution in [0.4, 0.5) is 5.69 Å². The van der Waals surface area contributed by atoms with Crippen molar-refractivity contribution in [3.63, 3.8) is 0 Å². The molecule has 0 radical (unpaired) electrons. The number of halogens is 2. The Bertz CT molecular complexity index is 846. The van der Waals surface area contributed by atoms with E-state index in [2.05, 4.69) is 5.32 Å². The van der Waals surface area contributed by atoms with Crippen molar-refractivity contribution < 1.29 is 13.2 Å². The SMILES string of the molecule is CCN(CC)S(=O)(=O)c1csc(C(=O)Nc2cc(Cl)ccc2Cl)c1. The van der Waals surface area contributed by atoms with Gasteiger partial charge < -0.3 is 5.32 Å². The lowest BCUT2D eigenvalue weighted by Crippen LogP contribution is -2.30. The Hall–Kier alpha value is -1.12. The number of benzene rings is 1. The zero-order chi connectivity index (χ0) is 17.9. The van der Waals surface area contributed by atoms with Crippen molar-refractivity contribution in [3.05, 3.63) is 44.6 Å². The number of thiophene rings is 1. The molecule has 24 heavy (non-hydrogen) atoms. The van der Waals surface area contributed by atoms with E-state index in [0.717, 1.165) is 11.3 Å². The summed E-state index contributed by atoms with van der Waals surface area (Å²) in [6.45, 7) is 4.27. The van der Waals surface area contributed by atoms with Gasteiger partial charge in [0.2, 0.25) is 10.0 Å². The molecule has 9 heteroatoms. The van der Waals surface area contributed by atoms with E-state index in [1.807, 2.05) is 0 Å². The Morgan fingerprint density at radius 2 is 1.88 bits per heavy atom. The zero-order valence-corrected chi connectivity index (χ0v) is 16.2. The number of hydrogen-bond acceptors (Lipinski definition) is 4. The summed E-state index contributed by atoms with van der Waals surface area (Å²) in [7, 11) is -3.59. The number of amides is 1. The lowest BCUT2D eigenvalue weighted by Gasteiger charge is -2.17. The van der Waals surface area contributed by atoms with E-state index < -0.39 is 15.9 Å². The van der Waals surface area contributed by atoms with Crippen LogP contribution in [0.1, 0.15) is 23.5 Å². The first kappa shape index (κ1) is 19.2. The molecule has 0 saturated heterocycles. The molecule has 0 aliphatic carbocycles. The molecule has 0 fully saturated rings. The third-order valence-corrected chi connectivity index (χ3v) is 6.99. The largest absolute Gasteiger partial charge is 0.320 e. The first-order valence-corrected chi connectivity index (χ1v) is 10.2. The maximum absolute atomic E-state index is 12.4. The Kier molecular flexibility index (Phi) is 6.28. The molecule has 1 aromatic carbocycles. The molecule has 0 atom stereocenters. The molecule has 0 spiro atoms. The van der Waals surface area contributed by atoms with E-state index in [4.69, 9.17) is 23.2 Å². The highest BCUT2D eigenvalue weighted by molar-refractivity contribution is 7.89. The van der Waals surface area contributed by atoms with Crippen molar-refractivity contribution >= 4 is 56.2 Å². The monoisotopic (exact) mass is 406 g/mol. The van der Waals surface area contributed by atoms with Crippen LogP contribution in [-0.2, 0) is 10.0 Å². The predicted molar refractivity (Wildman–Crippen MR) is 98.8 cm³/mol. The first-order chi connectivity index (χ1) is 11.3. The van der Waals surface area contributed by atoms with Gasteiger partial charge in [-0.05, 0) is 24.3 Å². The minimum absolute atomic E-state index is 0.110. The fourth-order valence-corrected chi connectivity index (χ4v) is 5.01. The number of nitrogens with zero attached hydrogens (tertiary/aromatic N) is 1. The lowest BCUT2D eigenvalue weighted by molar-refractivity contribution is 0.103. The summed E-state index contributed by atoms with van der Waals surface area (Å²) in [5.74, 6) is -0.440. The van der Waals surface area contributed by atoms with E-state index in [1.165, 1.54) is 21.8 Å². The summed E-state index contributed by atoms with van der Waals surface area (Å²) < 4.78 is 26.2. The third-order valence-electron chi connectivity index (χ3n) is 3.32. The molecule has 1 N–H and O–H groups in total. The van der Waals surface area contributed by atoms with Crippen LogP contribution in [0.3, 0.4) is 0 Å². The topological polar surface area (TPSA) is 66.5 Å². The van der Waals surface area contributed by atoms with Crippen LogP contribution in [0.2, 0.25) is 10.0 Å². The van der Waals surface area contributed by atoms with Crippen LogP contribution in [0.15, 0.2) is 34.5 Å². The Morgan fingerprint density at radius 1 is 1.21 bits per heavy atom. The highest BCUT2D eigenvalue weighted by Crippen LogP contribution is 2.28. The molecule has 2 aromatic rings. The molecule has 5 nitrogen and oxygen atoms in total. The molecular weight excluding hydrogens is 391 g/mol. The Labute approximate surface area is 155 Å². The van der Waals surface area contributed by atoms with Gasteiger partial charge in [0.05, 0.1) is 20.5 Å². The van der Waals surface area contributed by atoms with E-state index in [1.54, 1.807) is 26.0 Å². The Balaban J connectivity index is 2.24. The summed E-state index contributed by atoms with van der Waals surface area (Å²) >= 11 is 13.0. The van der Waals surface area contributed by atoms with Crippen LogP contribution in [0.25, 0.3) is 0 Å². The van der Waals surface area contributed by atoms with Crippen LogP contribution in [0, 0.1) is 0 Å². The van der Waals surface area contributed by atoms with Gasteiger partial charge in [0.25, 0.3) is 5.91 Å². The average molecular weight is 407 g/mol. The summed E-state index contributed by atoms with van der Waals surface area (Å²) in [5, 5.41) is 4.88. The molecule has 130 valence electrons. The first-order valence-electron chi connectivity index (χ1n) is 7.14. The minimum atomic E-state index is -3.59. The van der Waals surface area contributed by atoms with E-state index >= 15 is 0 Å². The number of carbonyl (C=O) groups is 1. The van der Waals surface area contributed by atoms with Crippen molar-refractivity contribution in [2.24, 2.45) is 0 Å². The lowest BCUT2D eigenvalue weighted by atomic mass is 10.3. The fraction of sp³-hybridized carbons (Fsp3) is 0.267. The standard InChI is InChI=1S/C15H16Cl2N2O3S2/c1-3-19(4-2)24(21,22)11-8-14(23-9-11)15(20)18-13-7-10(16)5-6-12(13)17/h5-9H,3-4H2,1-2H3,(H,18,20). The summed E-state index contributed by atoms with van der Waals surface area (Å²) in [5.41, 5.74) is 0.371. The number of anilines is 1. The molecule has 1 heterocycles. The highest BCUT2D eigenvalue weighted by Gasteiger charge is 2.24. The number of rotatable bonds is 6. The van der Waals surface area contributed by atoms with Crippen LogP contribution < -0.4 is 5.32 Å². The van der Waals surface area contributed by atoms with Gasteiger partial charge in [-0.2, -0.15) is 4.31 Å². The van der Waals surface area contributed by atoms with Gasteiger partial charge in [0, 0.05) is 23.5 Å². The number of carbonyl (C=O) groups excluding carboxylic acids is 1. The molecule has 0 aliphatic rings. The second kappa shape index (κ2) is 7.84. The highest BCUT2D eigenvalue weighted by atomic mass is 35.5. The maximum Gasteiger partial charge on any atom is 0.265 e. The normalized spacial score (nSPS) is 11.7. The quantitative estimate of drug-likeness (QED) is 0.775. The Morgan fingerprint density at radius 3 is 2.50 bits per heavy atom. The molecule has 2 rings (SSSR count). The van der Waals surface area contributed by atoms with Gasteiger partial charge in [-0.25, -0.2) is 8.42 Å². The van der Waals surface area contributed by atoms with Gasteiger partial charge in [-0.1, -0.05) is 37.0 Å². The van der Waals surface area contributed by atoms with Gasteiger partial charge in [-0.3, -0.25) is 4.79 Å². The summed E-state index contributed by atoms with van der Waals surface area (Å²) in [6, 6.07) is 6.08. The molecule has 1 aromatic heterocycles. The average Bonchev–Trinajstić information content (AvgIpc) is 3.02. The van der Waals surface area contributed by atoms with Crippen LogP contribution >= 0.6 is 34.5 Å². The second-order valence-corrected chi connectivity index (χ2v) is 8.51. The molecular formula is C15H16Cl2N2O3S2. The molecule has 0 aliphatic heterocycles. The predicted octanol–water partition coefficient (Wildman–Crippen LogP) is 4.34. The molecule has 0 bridgehead atoms. The second-order valence-electron chi connectivity index (χ2n) is 4.81. The number of sulfonamides is 1. The van der Waals surface area contributed by atoms with Gasteiger partial charge >= 0.3 is 0 Å². The summed E-state index contributed by atoms with van der Waals surface area (Å²) in [4.78, 5) is 12.7. The minimum Gasteiger partial charge on any atom is -0.320 e. The van der Waals surface area contributed by atoms with Crippen LogP contribution in [0.5, 0.6) is 0 Å². The van der Waals surface area contributed by atoms with Crippen molar-refractivity contribution in [1.29, 1.82) is 0 Å². The van der Waals surface area contributed by atoms with Crippen molar-refractivity contribution in [2.75, 3.05) is 18.4 Å². The maximum atomic E-state index is 12.4. The number of nitrogens with one attached hydrogen (secondary N) is 1. The van der Waals surface area contributed by atoms with E-state index in [0.29, 0.717) is 28.8 Å². The van der Waals surface area contributed by atoms with Gasteiger partial charge in [-0.15, -0.1) is 11.3 Å². The van der Waals surface area contributed by atoms with Crippen molar-refractivity contribution in [2.45, 2.75) is 18.7 Å². The van der Waals surface area contributed by atoms with Gasteiger partial charge in [0.15, 0.2) is 0 Å². The van der Waals surface area contributed by atoms with Gasteiger partial charge in [0.1, 0.15) is 0 Å². The van der Waals surface area contributed by atoms with Crippen LogP contribution in [-0.4, -0.2) is 31.7 Å². The molecule has 0 unspecified atom stereocenters. The summed E-state index contributed by atoms with van der Waals surface area (Å²) in [6.07, 6.45) is 0. The van der Waals surface area contributed by atoms with E-state index in [9.17, 15) is 13.2 Å². The van der Waals surface area contributed by atoms with Crippen molar-refractivity contribution in [3.8, 4) is 0 Å². The molecule has 0 saturated carbocycles. The third kappa shape index (κ3) is 4.10. The number of hydrogen-bond donors (Lipinski definition) is 1.